The summed E-state index contributed by atoms with van der Waals surface area (Å²) in [4.78, 5) is 39.0. The number of carbonyl (C=O) groups excluding carboxylic acids is 2. The molecule has 0 saturated carbocycles. The van der Waals surface area contributed by atoms with E-state index in [2.05, 4.69) is 10.6 Å². The average molecular weight is 441 g/mol. The Kier molecular flexibility index (Phi) is 5.95. The minimum atomic E-state index is -0.485. The minimum Gasteiger partial charge on any atom is -0.321 e. The molecule has 0 aliphatic rings. The van der Waals surface area contributed by atoms with Crippen LogP contribution in [0.3, 0.4) is 0 Å². The van der Waals surface area contributed by atoms with E-state index >= 15 is 0 Å². The van der Waals surface area contributed by atoms with Crippen molar-refractivity contribution in [2.45, 2.75) is 13.8 Å². The third-order valence-corrected chi connectivity index (χ3v) is 5.49. The Bertz CT molecular complexity index is 1400. The molecule has 33 heavy (non-hydrogen) atoms. The van der Waals surface area contributed by atoms with Crippen LogP contribution in [0, 0.1) is 13.8 Å². The van der Waals surface area contributed by atoms with Gasteiger partial charge in [0.05, 0.1) is 22.6 Å². The molecular weight excluding hydrogens is 416 g/mol. The second-order valence-corrected chi connectivity index (χ2v) is 7.76. The fraction of sp³-hybridized carbons (Fsp3) is 0.115. The number of rotatable bonds is 5. The standard InChI is InChI=1S/C26H24N4O3/c1-17-10-9-11-19(16-17)24(31)27-22-15-8-7-14-21(22)25(32)28-23-18(2)29(3)30(26(23)33)20-12-5-4-6-13-20/h4-16H,1-3H3,(H,27,31)(H,28,32). The molecule has 0 fully saturated rings. The highest BCUT2D eigenvalue weighted by Gasteiger charge is 2.20. The normalized spacial score (nSPS) is 10.6. The van der Waals surface area contributed by atoms with E-state index in [0.29, 0.717) is 22.6 Å². The molecule has 7 nitrogen and oxygen atoms in total. The van der Waals surface area contributed by atoms with Crippen LogP contribution in [0.5, 0.6) is 0 Å². The number of aryl methyl sites for hydroxylation is 1. The molecule has 0 radical (unpaired) electrons. The number of nitrogens with one attached hydrogen (secondary N) is 2. The third kappa shape index (κ3) is 4.34. The van der Waals surface area contributed by atoms with Crippen molar-refractivity contribution in [1.29, 1.82) is 0 Å². The van der Waals surface area contributed by atoms with Gasteiger partial charge in [-0.15, -0.1) is 0 Å². The number of hydrogen-bond acceptors (Lipinski definition) is 3. The molecule has 0 aliphatic carbocycles. The van der Waals surface area contributed by atoms with Gasteiger partial charge in [0.15, 0.2) is 0 Å². The van der Waals surface area contributed by atoms with E-state index in [-0.39, 0.29) is 22.7 Å². The highest BCUT2D eigenvalue weighted by atomic mass is 16.2. The lowest BCUT2D eigenvalue weighted by molar-refractivity contribution is 0.102. The van der Waals surface area contributed by atoms with E-state index in [9.17, 15) is 14.4 Å². The molecule has 3 aromatic carbocycles. The maximum atomic E-state index is 13.1. The highest BCUT2D eigenvalue weighted by Crippen LogP contribution is 2.20. The number of amides is 2. The smallest absolute Gasteiger partial charge is 0.295 e. The second kappa shape index (κ2) is 9.00. The lowest BCUT2D eigenvalue weighted by Gasteiger charge is -2.11. The highest BCUT2D eigenvalue weighted by molar-refractivity contribution is 6.12. The molecule has 0 aliphatic heterocycles. The van der Waals surface area contributed by atoms with Gasteiger partial charge in [-0.2, -0.15) is 0 Å². The first-order valence-electron chi connectivity index (χ1n) is 10.5. The van der Waals surface area contributed by atoms with E-state index < -0.39 is 5.91 Å². The van der Waals surface area contributed by atoms with Crippen molar-refractivity contribution in [2.75, 3.05) is 10.6 Å². The van der Waals surface area contributed by atoms with Crippen LogP contribution in [-0.2, 0) is 7.05 Å². The van der Waals surface area contributed by atoms with Crippen LogP contribution in [0.4, 0.5) is 11.4 Å². The summed E-state index contributed by atoms with van der Waals surface area (Å²) >= 11 is 0. The van der Waals surface area contributed by atoms with Crippen molar-refractivity contribution in [2.24, 2.45) is 7.05 Å². The molecule has 0 bridgehead atoms. The number of benzene rings is 3. The van der Waals surface area contributed by atoms with Gasteiger partial charge in [-0.05, 0) is 50.2 Å². The number of nitrogens with zero attached hydrogens (tertiary/aromatic N) is 2. The first-order chi connectivity index (χ1) is 15.9. The van der Waals surface area contributed by atoms with E-state index in [0.717, 1.165) is 5.56 Å². The number of para-hydroxylation sites is 2. The Morgan fingerprint density at radius 2 is 1.48 bits per heavy atom. The van der Waals surface area contributed by atoms with Crippen molar-refractivity contribution in [1.82, 2.24) is 9.36 Å². The van der Waals surface area contributed by atoms with Gasteiger partial charge in [-0.25, -0.2) is 4.68 Å². The van der Waals surface area contributed by atoms with Crippen LogP contribution < -0.4 is 16.2 Å². The van der Waals surface area contributed by atoms with Gasteiger partial charge in [0, 0.05) is 12.6 Å². The summed E-state index contributed by atoms with van der Waals surface area (Å²) in [5.74, 6) is -0.803. The SMILES string of the molecule is Cc1cccc(C(=O)Nc2ccccc2C(=O)Nc2c(C)n(C)n(-c3ccccc3)c2=O)c1. The zero-order chi connectivity index (χ0) is 23.5. The molecule has 4 aromatic rings. The van der Waals surface area contributed by atoms with Gasteiger partial charge in [0.1, 0.15) is 5.69 Å². The molecule has 1 aromatic heterocycles. The number of anilines is 2. The Balaban J connectivity index is 1.63. The Hall–Kier alpha value is -4.39. The second-order valence-electron chi connectivity index (χ2n) is 7.76. The molecule has 166 valence electrons. The van der Waals surface area contributed by atoms with Crippen LogP contribution in [0.15, 0.2) is 83.7 Å². The van der Waals surface area contributed by atoms with E-state index in [1.807, 2.05) is 43.3 Å². The topological polar surface area (TPSA) is 85.1 Å². The summed E-state index contributed by atoms with van der Waals surface area (Å²) in [6, 6.07) is 23.1. The summed E-state index contributed by atoms with van der Waals surface area (Å²) in [7, 11) is 1.76. The molecule has 0 unspecified atom stereocenters. The Labute approximate surface area is 191 Å². The van der Waals surface area contributed by atoms with Crippen molar-refractivity contribution < 1.29 is 9.59 Å². The predicted octanol–water partition coefficient (Wildman–Crippen LogP) is 4.30. The largest absolute Gasteiger partial charge is 0.321 e. The van der Waals surface area contributed by atoms with E-state index in [4.69, 9.17) is 0 Å². The van der Waals surface area contributed by atoms with E-state index in [1.165, 1.54) is 4.68 Å². The summed E-state index contributed by atoms with van der Waals surface area (Å²) in [5, 5.41) is 5.55. The molecule has 1 heterocycles. The summed E-state index contributed by atoms with van der Waals surface area (Å²) in [6.07, 6.45) is 0. The molecule has 0 atom stereocenters. The quantitative estimate of drug-likeness (QED) is 0.485. The first-order valence-corrected chi connectivity index (χ1v) is 10.5. The van der Waals surface area contributed by atoms with Gasteiger partial charge >= 0.3 is 0 Å². The molecule has 2 amide bonds. The van der Waals surface area contributed by atoms with Crippen LogP contribution in [0.2, 0.25) is 0 Å². The summed E-state index contributed by atoms with van der Waals surface area (Å²) < 4.78 is 3.19. The molecular formula is C26H24N4O3. The molecule has 0 saturated heterocycles. The van der Waals surface area contributed by atoms with Crippen molar-refractivity contribution in [3.05, 3.63) is 112 Å². The molecule has 7 heteroatoms. The van der Waals surface area contributed by atoms with Crippen LogP contribution >= 0.6 is 0 Å². The monoisotopic (exact) mass is 440 g/mol. The van der Waals surface area contributed by atoms with Gasteiger partial charge in [-0.3, -0.25) is 19.1 Å². The molecule has 2 N–H and O–H groups in total. The predicted molar refractivity (Wildman–Crippen MR) is 129 cm³/mol. The zero-order valence-corrected chi connectivity index (χ0v) is 18.6. The van der Waals surface area contributed by atoms with Gasteiger partial charge in [0.25, 0.3) is 17.4 Å². The number of carbonyl (C=O) groups is 2. The average Bonchev–Trinajstić information content (AvgIpc) is 3.03. The number of aromatic nitrogens is 2. The van der Waals surface area contributed by atoms with Crippen LogP contribution in [0.25, 0.3) is 5.69 Å². The van der Waals surface area contributed by atoms with Crippen molar-refractivity contribution in [3.8, 4) is 5.69 Å². The van der Waals surface area contributed by atoms with Gasteiger partial charge in [-0.1, -0.05) is 48.0 Å². The zero-order valence-electron chi connectivity index (χ0n) is 18.6. The van der Waals surface area contributed by atoms with Crippen LogP contribution in [-0.4, -0.2) is 21.2 Å². The number of hydrogen-bond donors (Lipinski definition) is 2. The van der Waals surface area contributed by atoms with Gasteiger partial charge < -0.3 is 10.6 Å². The maximum absolute atomic E-state index is 13.1. The molecule has 4 rings (SSSR count). The maximum Gasteiger partial charge on any atom is 0.295 e. The minimum absolute atomic E-state index is 0.186. The van der Waals surface area contributed by atoms with Crippen molar-refractivity contribution in [3.63, 3.8) is 0 Å². The van der Waals surface area contributed by atoms with Crippen LogP contribution in [0.1, 0.15) is 32.0 Å². The summed E-state index contributed by atoms with van der Waals surface area (Å²) in [6.45, 7) is 3.67. The summed E-state index contributed by atoms with van der Waals surface area (Å²) in [5.41, 5.74) is 3.23. The molecule has 0 spiro atoms. The van der Waals surface area contributed by atoms with E-state index in [1.54, 1.807) is 61.1 Å². The Morgan fingerprint density at radius 1 is 0.788 bits per heavy atom. The Morgan fingerprint density at radius 3 is 2.21 bits per heavy atom. The first kappa shape index (κ1) is 21.8. The fourth-order valence-electron chi connectivity index (χ4n) is 3.66. The fourth-order valence-corrected chi connectivity index (χ4v) is 3.66. The lowest BCUT2D eigenvalue weighted by Crippen LogP contribution is -2.23. The third-order valence-electron chi connectivity index (χ3n) is 5.49. The van der Waals surface area contributed by atoms with Gasteiger partial charge in [0.2, 0.25) is 0 Å². The van der Waals surface area contributed by atoms with Crippen molar-refractivity contribution >= 4 is 23.2 Å². The lowest BCUT2D eigenvalue weighted by atomic mass is 10.1.